The van der Waals surface area contributed by atoms with Gasteiger partial charge in [-0.05, 0) is 6.42 Å². The van der Waals surface area contributed by atoms with Crippen LogP contribution in [0.4, 0.5) is 0 Å². The maximum atomic E-state index is 5.59. The zero-order valence-electron chi connectivity index (χ0n) is 12.7. The molecular weight excluding hydrogens is 238 g/mol. The van der Waals surface area contributed by atoms with Crippen molar-refractivity contribution in [2.75, 3.05) is 0 Å². The van der Waals surface area contributed by atoms with Gasteiger partial charge in [0.2, 0.25) is 11.8 Å². The second-order valence-corrected chi connectivity index (χ2v) is 5.50. The van der Waals surface area contributed by atoms with Crippen LogP contribution in [0, 0.1) is 0 Å². The number of nitrogens with one attached hydrogen (secondary N) is 1. The van der Waals surface area contributed by atoms with Crippen molar-refractivity contribution in [1.82, 2.24) is 15.5 Å². The molecule has 19 heavy (non-hydrogen) atoms. The average molecular weight is 267 g/mol. The summed E-state index contributed by atoms with van der Waals surface area (Å²) in [7, 11) is 0. The van der Waals surface area contributed by atoms with Crippen molar-refractivity contribution < 1.29 is 4.42 Å². The lowest BCUT2D eigenvalue weighted by atomic mass is 10.1. The molecule has 0 unspecified atom stereocenters. The topological polar surface area (TPSA) is 51.0 Å². The van der Waals surface area contributed by atoms with E-state index in [2.05, 4.69) is 36.3 Å². The highest BCUT2D eigenvalue weighted by Gasteiger charge is 2.05. The van der Waals surface area contributed by atoms with Gasteiger partial charge in [0.15, 0.2) is 0 Å². The van der Waals surface area contributed by atoms with Gasteiger partial charge in [-0.2, -0.15) is 0 Å². The largest absolute Gasteiger partial charge is 0.424 e. The van der Waals surface area contributed by atoms with Crippen molar-refractivity contribution in [3.05, 3.63) is 11.8 Å². The number of unbranched alkanes of at least 4 members (excludes halogenated alkanes) is 6. The lowest BCUT2D eigenvalue weighted by Gasteiger charge is -2.03. The number of aromatic nitrogens is 2. The van der Waals surface area contributed by atoms with Crippen LogP contribution in [0.3, 0.4) is 0 Å². The predicted molar refractivity (Wildman–Crippen MR) is 78.0 cm³/mol. The van der Waals surface area contributed by atoms with Gasteiger partial charge < -0.3 is 9.73 Å². The summed E-state index contributed by atoms with van der Waals surface area (Å²) in [5.41, 5.74) is 0. The van der Waals surface area contributed by atoms with Gasteiger partial charge in [0.1, 0.15) is 0 Å². The van der Waals surface area contributed by atoms with Crippen molar-refractivity contribution in [3.63, 3.8) is 0 Å². The van der Waals surface area contributed by atoms with Crippen molar-refractivity contribution in [2.45, 2.75) is 84.7 Å². The lowest BCUT2D eigenvalue weighted by Crippen LogP contribution is -2.21. The van der Waals surface area contributed by atoms with E-state index in [1.165, 1.54) is 38.5 Å². The Morgan fingerprint density at radius 1 is 0.947 bits per heavy atom. The summed E-state index contributed by atoms with van der Waals surface area (Å²) in [5, 5.41) is 11.4. The molecule has 1 heterocycles. The molecule has 0 spiro atoms. The van der Waals surface area contributed by atoms with Gasteiger partial charge in [-0.15, -0.1) is 10.2 Å². The van der Waals surface area contributed by atoms with E-state index >= 15 is 0 Å². The minimum Gasteiger partial charge on any atom is -0.424 e. The van der Waals surface area contributed by atoms with E-state index < -0.39 is 0 Å². The van der Waals surface area contributed by atoms with E-state index in [1.807, 2.05) is 0 Å². The Bertz CT molecular complexity index is 323. The molecule has 0 aromatic carbocycles. The van der Waals surface area contributed by atoms with Gasteiger partial charge in [-0.3, -0.25) is 0 Å². The van der Waals surface area contributed by atoms with Crippen LogP contribution in [0.15, 0.2) is 4.42 Å². The van der Waals surface area contributed by atoms with E-state index in [0.717, 1.165) is 18.7 Å². The first-order chi connectivity index (χ1) is 9.22. The van der Waals surface area contributed by atoms with E-state index in [9.17, 15) is 0 Å². The highest BCUT2D eigenvalue weighted by molar-refractivity contribution is 4.82. The number of rotatable bonds is 11. The molecule has 1 rings (SSSR count). The van der Waals surface area contributed by atoms with Crippen LogP contribution in [0.5, 0.6) is 0 Å². The quantitative estimate of drug-likeness (QED) is 0.618. The fraction of sp³-hybridized carbons (Fsp3) is 0.867. The number of hydrogen-bond acceptors (Lipinski definition) is 4. The zero-order chi connectivity index (χ0) is 13.9. The summed E-state index contributed by atoms with van der Waals surface area (Å²) in [6.45, 7) is 7.13. The molecule has 0 saturated carbocycles. The van der Waals surface area contributed by atoms with Gasteiger partial charge >= 0.3 is 0 Å². The van der Waals surface area contributed by atoms with E-state index in [-0.39, 0.29) is 0 Å². The fourth-order valence-corrected chi connectivity index (χ4v) is 1.99. The van der Waals surface area contributed by atoms with Crippen LogP contribution in [-0.4, -0.2) is 16.2 Å². The molecular formula is C15H29N3O. The first kappa shape index (κ1) is 16.2. The van der Waals surface area contributed by atoms with Gasteiger partial charge in [-0.25, -0.2) is 0 Å². The second kappa shape index (κ2) is 9.96. The Kier molecular flexibility index (Phi) is 8.47. The Labute approximate surface area is 117 Å². The summed E-state index contributed by atoms with van der Waals surface area (Å²) in [4.78, 5) is 0. The Morgan fingerprint density at radius 2 is 1.58 bits per heavy atom. The number of hydrogen-bond donors (Lipinski definition) is 1. The molecule has 0 aliphatic carbocycles. The van der Waals surface area contributed by atoms with Crippen molar-refractivity contribution in [3.8, 4) is 0 Å². The predicted octanol–water partition coefficient (Wildman–Crippen LogP) is 3.86. The molecule has 0 amide bonds. The summed E-state index contributed by atoms with van der Waals surface area (Å²) < 4.78 is 5.59. The zero-order valence-corrected chi connectivity index (χ0v) is 12.7. The smallest absolute Gasteiger partial charge is 0.230 e. The standard InChI is InChI=1S/C15H29N3O/c1-4-5-6-7-8-9-10-11-14-17-18-15(19-14)12-16-13(2)3/h13,16H,4-12H2,1-3H3. The monoisotopic (exact) mass is 267 g/mol. The van der Waals surface area contributed by atoms with Crippen LogP contribution >= 0.6 is 0 Å². The molecule has 4 nitrogen and oxygen atoms in total. The summed E-state index contributed by atoms with van der Waals surface area (Å²) >= 11 is 0. The first-order valence-electron chi connectivity index (χ1n) is 7.77. The molecule has 0 saturated heterocycles. The van der Waals surface area contributed by atoms with Gasteiger partial charge in [0.25, 0.3) is 0 Å². The van der Waals surface area contributed by atoms with Gasteiger partial charge in [-0.1, -0.05) is 59.3 Å². The molecule has 0 bridgehead atoms. The third kappa shape index (κ3) is 7.98. The second-order valence-electron chi connectivity index (χ2n) is 5.50. The van der Waals surface area contributed by atoms with Crippen molar-refractivity contribution in [1.29, 1.82) is 0 Å². The third-order valence-electron chi connectivity index (χ3n) is 3.16. The highest BCUT2D eigenvalue weighted by Crippen LogP contribution is 2.10. The normalized spacial score (nSPS) is 11.4. The average Bonchev–Trinajstić information content (AvgIpc) is 2.83. The van der Waals surface area contributed by atoms with Gasteiger partial charge in [0.05, 0.1) is 6.54 Å². The van der Waals surface area contributed by atoms with Crippen LogP contribution < -0.4 is 5.32 Å². The molecule has 1 aromatic heterocycles. The Balaban J connectivity index is 2.06. The van der Waals surface area contributed by atoms with E-state index in [4.69, 9.17) is 4.42 Å². The molecule has 0 atom stereocenters. The minimum atomic E-state index is 0.443. The molecule has 1 aromatic rings. The van der Waals surface area contributed by atoms with Crippen molar-refractivity contribution in [2.24, 2.45) is 0 Å². The first-order valence-corrected chi connectivity index (χ1v) is 7.77. The molecule has 0 aliphatic rings. The molecule has 0 radical (unpaired) electrons. The fourth-order valence-electron chi connectivity index (χ4n) is 1.99. The van der Waals surface area contributed by atoms with E-state index in [1.54, 1.807) is 0 Å². The third-order valence-corrected chi connectivity index (χ3v) is 3.16. The SMILES string of the molecule is CCCCCCCCCc1nnc(CNC(C)C)o1. The maximum Gasteiger partial charge on any atom is 0.230 e. The van der Waals surface area contributed by atoms with Gasteiger partial charge in [0, 0.05) is 12.5 Å². The van der Waals surface area contributed by atoms with Crippen LogP contribution in [0.25, 0.3) is 0 Å². The minimum absolute atomic E-state index is 0.443. The van der Waals surface area contributed by atoms with Crippen LogP contribution in [0.2, 0.25) is 0 Å². The summed E-state index contributed by atoms with van der Waals surface area (Å²) in [5.74, 6) is 1.49. The number of aryl methyl sites for hydroxylation is 1. The van der Waals surface area contributed by atoms with E-state index in [0.29, 0.717) is 18.5 Å². The summed E-state index contributed by atoms with van der Waals surface area (Å²) in [6.07, 6.45) is 10.1. The lowest BCUT2D eigenvalue weighted by molar-refractivity contribution is 0.415. The molecule has 4 heteroatoms. The number of nitrogens with zero attached hydrogens (tertiary/aromatic N) is 2. The molecule has 1 N–H and O–H groups in total. The summed E-state index contributed by atoms with van der Waals surface area (Å²) in [6, 6.07) is 0.443. The molecule has 0 aliphatic heterocycles. The Hall–Kier alpha value is -0.900. The maximum absolute atomic E-state index is 5.59. The molecule has 0 fully saturated rings. The highest BCUT2D eigenvalue weighted by atomic mass is 16.4. The Morgan fingerprint density at radius 3 is 2.26 bits per heavy atom. The van der Waals surface area contributed by atoms with Crippen LogP contribution in [0.1, 0.15) is 77.5 Å². The van der Waals surface area contributed by atoms with Crippen molar-refractivity contribution >= 4 is 0 Å². The molecule has 110 valence electrons. The van der Waals surface area contributed by atoms with Crippen LogP contribution in [-0.2, 0) is 13.0 Å².